The lowest BCUT2D eigenvalue weighted by atomic mass is 10.1. The first-order valence-corrected chi connectivity index (χ1v) is 9.67. The van der Waals surface area contributed by atoms with Crippen LogP contribution in [0.5, 0.6) is 0 Å². The first kappa shape index (κ1) is 16.1. The summed E-state index contributed by atoms with van der Waals surface area (Å²) in [7, 11) is 0. The third-order valence-electron chi connectivity index (χ3n) is 3.64. The molecule has 4 aromatic rings. The van der Waals surface area contributed by atoms with Crippen LogP contribution in [0.2, 0.25) is 0 Å². The van der Waals surface area contributed by atoms with Crippen molar-refractivity contribution in [2.45, 2.75) is 17.0 Å². The van der Waals surface area contributed by atoms with Crippen molar-refractivity contribution in [2.24, 2.45) is 0 Å². The molecule has 4 rings (SSSR count). The zero-order valence-electron chi connectivity index (χ0n) is 13.5. The second-order valence-electron chi connectivity index (χ2n) is 5.52. The monoisotopic (exact) mass is 365 g/mol. The molecule has 0 saturated carbocycles. The van der Waals surface area contributed by atoms with Gasteiger partial charge in [0.2, 0.25) is 11.8 Å². The van der Waals surface area contributed by atoms with E-state index in [0.29, 0.717) is 17.5 Å². The van der Waals surface area contributed by atoms with Crippen LogP contribution in [-0.4, -0.2) is 15.2 Å². The minimum atomic E-state index is 0.552. The van der Waals surface area contributed by atoms with Gasteiger partial charge in [0.15, 0.2) is 4.34 Å². The first-order valence-electron chi connectivity index (χ1n) is 7.81. The Morgan fingerprint density at radius 2 is 1.76 bits per heavy atom. The molecule has 2 aromatic heterocycles. The number of thioether (sulfide) groups is 1. The van der Waals surface area contributed by atoms with E-state index < -0.39 is 0 Å². The zero-order chi connectivity index (χ0) is 17.1. The maximum atomic E-state index is 5.73. The smallest absolute Gasteiger partial charge is 0.247 e. The Bertz CT molecular complexity index is 962. The van der Waals surface area contributed by atoms with Gasteiger partial charge in [-0.2, -0.15) is 0 Å². The van der Waals surface area contributed by atoms with Crippen LogP contribution in [0.3, 0.4) is 0 Å². The predicted octanol–water partition coefficient (Wildman–Crippen LogP) is 5.46. The largest absolute Gasteiger partial charge is 0.420 e. The molecule has 0 aliphatic rings. The molecule has 25 heavy (non-hydrogen) atoms. The molecule has 2 heterocycles. The maximum Gasteiger partial charge on any atom is 0.247 e. The molecule has 0 radical (unpaired) electrons. The molecular weight excluding hydrogens is 350 g/mol. The second-order valence-corrected chi connectivity index (χ2v) is 7.60. The molecule has 0 N–H and O–H groups in total. The van der Waals surface area contributed by atoms with Crippen molar-refractivity contribution in [3.05, 3.63) is 71.4 Å². The van der Waals surface area contributed by atoms with Gasteiger partial charge in [-0.25, -0.2) is 4.98 Å². The SMILES string of the molecule is Cc1ccc(-c2csc(SCc3nnc(-c4ccccc4)o3)n2)cc1. The van der Waals surface area contributed by atoms with Crippen LogP contribution in [0, 0.1) is 6.92 Å². The summed E-state index contributed by atoms with van der Waals surface area (Å²) in [5.41, 5.74) is 4.32. The highest BCUT2D eigenvalue weighted by atomic mass is 32.2. The minimum Gasteiger partial charge on any atom is -0.420 e. The molecule has 0 bridgehead atoms. The van der Waals surface area contributed by atoms with Crippen LogP contribution >= 0.6 is 23.1 Å². The molecule has 0 saturated heterocycles. The van der Waals surface area contributed by atoms with Crippen LogP contribution in [0.25, 0.3) is 22.7 Å². The summed E-state index contributed by atoms with van der Waals surface area (Å²) >= 11 is 3.24. The van der Waals surface area contributed by atoms with E-state index in [0.717, 1.165) is 21.2 Å². The molecule has 0 fully saturated rings. The molecule has 4 nitrogen and oxygen atoms in total. The van der Waals surface area contributed by atoms with E-state index in [1.807, 2.05) is 30.3 Å². The third-order valence-corrected chi connectivity index (χ3v) is 5.64. The van der Waals surface area contributed by atoms with Gasteiger partial charge in [-0.15, -0.1) is 21.5 Å². The average molecular weight is 365 g/mol. The summed E-state index contributed by atoms with van der Waals surface area (Å²) < 4.78 is 6.73. The van der Waals surface area contributed by atoms with Crippen molar-refractivity contribution in [1.29, 1.82) is 0 Å². The van der Waals surface area contributed by atoms with Gasteiger partial charge in [0, 0.05) is 16.5 Å². The lowest BCUT2D eigenvalue weighted by Gasteiger charge is -1.97. The van der Waals surface area contributed by atoms with E-state index in [-0.39, 0.29) is 0 Å². The van der Waals surface area contributed by atoms with Crippen molar-refractivity contribution in [1.82, 2.24) is 15.2 Å². The third kappa shape index (κ3) is 3.81. The molecule has 0 atom stereocenters. The van der Waals surface area contributed by atoms with E-state index in [9.17, 15) is 0 Å². The highest BCUT2D eigenvalue weighted by Gasteiger charge is 2.10. The van der Waals surface area contributed by atoms with Gasteiger partial charge < -0.3 is 4.42 Å². The second kappa shape index (κ2) is 7.21. The van der Waals surface area contributed by atoms with E-state index in [2.05, 4.69) is 51.8 Å². The molecule has 124 valence electrons. The Kier molecular flexibility index (Phi) is 4.63. The summed E-state index contributed by atoms with van der Waals surface area (Å²) in [6, 6.07) is 18.2. The molecule has 6 heteroatoms. The number of rotatable bonds is 5. The van der Waals surface area contributed by atoms with E-state index >= 15 is 0 Å². The Balaban J connectivity index is 1.42. The normalized spacial score (nSPS) is 10.9. The molecule has 2 aromatic carbocycles. The number of nitrogens with zero attached hydrogens (tertiary/aromatic N) is 3. The molecule has 0 unspecified atom stereocenters. The lowest BCUT2D eigenvalue weighted by molar-refractivity contribution is 0.528. The number of hydrogen-bond donors (Lipinski definition) is 0. The van der Waals surface area contributed by atoms with Crippen LogP contribution in [0.15, 0.2) is 68.7 Å². The highest BCUT2D eigenvalue weighted by molar-refractivity contribution is 8.00. The van der Waals surface area contributed by atoms with Crippen molar-refractivity contribution >= 4 is 23.1 Å². The van der Waals surface area contributed by atoms with Gasteiger partial charge in [0.05, 0.1) is 11.4 Å². The average Bonchev–Trinajstić information content (AvgIpc) is 3.31. The van der Waals surface area contributed by atoms with Gasteiger partial charge in [-0.3, -0.25) is 0 Å². The standard InChI is InChI=1S/C19H15N3OS2/c1-13-7-9-14(10-8-13)16-11-24-19(20-16)25-12-17-21-22-18(23-17)15-5-3-2-4-6-15/h2-11H,12H2,1H3. The van der Waals surface area contributed by atoms with E-state index in [1.54, 1.807) is 23.1 Å². The molecule has 0 amide bonds. The molecule has 0 spiro atoms. The van der Waals surface area contributed by atoms with Crippen LogP contribution in [-0.2, 0) is 5.75 Å². The number of thiazole rings is 1. The summed E-state index contributed by atoms with van der Waals surface area (Å²) in [5.74, 6) is 1.77. The minimum absolute atomic E-state index is 0.552. The number of aromatic nitrogens is 3. The number of benzene rings is 2. The summed E-state index contributed by atoms with van der Waals surface area (Å²) in [5, 5.41) is 10.3. The summed E-state index contributed by atoms with van der Waals surface area (Å²) in [6.45, 7) is 2.08. The van der Waals surface area contributed by atoms with E-state index in [4.69, 9.17) is 4.42 Å². The summed E-state index contributed by atoms with van der Waals surface area (Å²) in [6.07, 6.45) is 0. The van der Waals surface area contributed by atoms with Crippen molar-refractivity contribution < 1.29 is 4.42 Å². The number of aryl methyl sites for hydroxylation is 1. The van der Waals surface area contributed by atoms with Gasteiger partial charge >= 0.3 is 0 Å². The van der Waals surface area contributed by atoms with Crippen LogP contribution in [0.4, 0.5) is 0 Å². The zero-order valence-corrected chi connectivity index (χ0v) is 15.2. The van der Waals surface area contributed by atoms with Crippen molar-refractivity contribution in [3.63, 3.8) is 0 Å². The molecule has 0 aliphatic heterocycles. The Morgan fingerprint density at radius 3 is 2.56 bits per heavy atom. The topological polar surface area (TPSA) is 51.8 Å². The van der Waals surface area contributed by atoms with Gasteiger partial charge in [0.25, 0.3) is 0 Å². The van der Waals surface area contributed by atoms with Gasteiger partial charge in [-0.05, 0) is 19.1 Å². The lowest BCUT2D eigenvalue weighted by Crippen LogP contribution is -1.81. The quantitative estimate of drug-likeness (QED) is 0.440. The maximum absolute atomic E-state index is 5.73. The fourth-order valence-corrected chi connectivity index (χ4v) is 3.99. The first-order chi connectivity index (χ1) is 12.3. The van der Waals surface area contributed by atoms with Crippen LogP contribution < -0.4 is 0 Å². The van der Waals surface area contributed by atoms with Gasteiger partial charge in [0.1, 0.15) is 0 Å². The van der Waals surface area contributed by atoms with Crippen molar-refractivity contribution in [2.75, 3.05) is 0 Å². The Hall–Kier alpha value is -2.44. The molecular formula is C19H15N3OS2. The van der Waals surface area contributed by atoms with Crippen LogP contribution in [0.1, 0.15) is 11.5 Å². The summed E-state index contributed by atoms with van der Waals surface area (Å²) in [4.78, 5) is 4.68. The fourth-order valence-electron chi connectivity index (χ4n) is 2.31. The van der Waals surface area contributed by atoms with Crippen molar-refractivity contribution in [3.8, 4) is 22.7 Å². The Labute approximate surface area is 154 Å². The highest BCUT2D eigenvalue weighted by Crippen LogP contribution is 2.30. The fraction of sp³-hybridized carbons (Fsp3) is 0.105. The molecule has 0 aliphatic carbocycles. The van der Waals surface area contributed by atoms with E-state index in [1.165, 1.54) is 5.56 Å². The van der Waals surface area contributed by atoms with Gasteiger partial charge in [-0.1, -0.05) is 59.8 Å². The number of hydrogen-bond acceptors (Lipinski definition) is 6. The Morgan fingerprint density at radius 1 is 0.960 bits per heavy atom. The predicted molar refractivity (Wildman–Crippen MR) is 102 cm³/mol.